The quantitative estimate of drug-likeness (QED) is 0.641. The Bertz CT molecular complexity index is 281. The average molecular weight is 195 g/mol. The largest absolute Gasteiger partial charge is 0.508 e. The fourth-order valence-corrected chi connectivity index (χ4v) is 0.813. The summed E-state index contributed by atoms with van der Waals surface area (Å²) in [6.07, 6.45) is 0. The van der Waals surface area contributed by atoms with Crippen LogP contribution in [0.25, 0.3) is 0 Å². The van der Waals surface area contributed by atoms with Gasteiger partial charge in [-0.15, -0.1) is 0 Å². The first-order chi connectivity index (χ1) is 6.39. The van der Waals surface area contributed by atoms with Crippen molar-refractivity contribution in [3.63, 3.8) is 0 Å². The van der Waals surface area contributed by atoms with Gasteiger partial charge in [0.1, 0.15) is 5.75 Å². The van der Waals surface area contributed by atoms with Gasteiger partial charge in [0.15, 0.2) is 0 Å². The van der Waals surface area contributed by atoms with Gasteiger partial charge in [0.25, 0.3) is 0 Å². The van der Waals surface area contributed by atoms with E-state index in [1.807, 2.05) is 42.5 Å². The molecule has 0 saturated heterocycles. The molecule has 14 heavy (non-hydrogen) atoms. The maximum absolute atomic E-state index is 8.63. The van der Waals surface area contributed by atoms with Gasteiger partial charge in [-0.25, -0.2) is 0 Å². The summed E-state index contributed by atoms with van der Waals surface area (Å²) >= 11 is 0. The van der Waals surface area contributed by atoms with Gasteiger partial charge in [-0.05, 0) is 12.1 Å². The van der Waals surface area contributed by atoms with Crippen LogP contribution in [0.3, 0.4) is 0 Å². The fraction of sp³-hybridized carbons (Fsp3) is 0. The van der Waals surface area contributed by atoms with Crippen LogP contribution in [-0.2, 0) is 0 Å². The van der Waals surface area contributed by atoms with E-state index in [2.05, 4.69) is 0 Å². The van der Waals surface area contributed by atoms with Crippen molar-refractivity contribution in [1.82, 2.24) is 0 Å². The average Bonchev–Trinajstić information content (AvgIpc) is 2.22. The Balaban J connectivity index is 0.000000227. The number of benzene rings is 2. The SMILES string of the molecule is Oc1ccccc1.[Na].c1ccccc1. The molecule has 67 valence electrons. The summed E-state index contributed by atoms with van der Waals surface area (Å²) < 4.78 is 0. The minimum Gasteiger partial charge on any atom is -0.508 e. The van der Waals surface area contributed by atoms with Gasteiger partial charge in [0, 0.05) is 29.6 Å². The zero-order valence-corrected chi connectivity index (χ0v) is 10.3. The molecule has 2 heteroatoms. The van der Waals surface area contributed by atoms with Crippen LogP contribution in [-0.4, -0.2) is 34.7 Å². The number of aromatic hydroxyl groups is 1. The number of hydrogen-bond donors (Lipinski definition) is 1. The molecule has 0 unspecified atom stereocenters. The van der Waals surface area contributed by atoms with Gasteiger partial charge in [-0.2, -0.15) is 0 Å². The second kappa shape index (κ2) is 8.82. The van der Waals surface area contributed by atoms with Crippen molar-refractivity contribution in [2.45, 2.75) is 0 Å². The Morgan fingerprint density at radius 3 is 1.07 bits per heavy atom. The van der Waals surface area contributed by atoms with Crippen LogP contribution >= 0.6 is 0 Å². The minimum absolute atomic E-state index is 0. The number of hydrogen-bond acceptors (Lipinski definition) is 1. The third kappa shape index (κ3) is 6.72. The Labute approximate surface area is 107 Å². The van der Waals surface area contributed by atoms with Crippen molar-refractivity contribution in [1.29, 1.82) is 0 Å². The van der Waals surface area contributed by atoms with Gasteiger partial charge in [-0.1, -0.05) is 54.6 Å². The third-order valence-electron chi connectivity index (χ3n) is 1.42. The van der Waals surface area contributed by atoms with Crippen LogP contribution in [0.15, 0.2) is 66.7 Å². The molecule has 0 saturated carbocycles. The van der Waals surface area contributed by atoms with Gasteiger partial charge in [-0.3, -0.25) is 0 Å². The van der Waals surface area contributed by atoms with Crippen molar-refractivity contribution < 1.29 is 5.11 Å². The smallest absolute Gasteiger partial charge is 0.115 e. The van der Waals surface area contributed by atoms with Crippen LogP contribution in [0.1, 0.15) is 0 Å². The Kier molecular flexibility index (Phi) is 8.34. The summed E-state index contributed by atoms with van der Waals surface area (Å²) in [6.45, 7) is 0. The Hall–Kier alpha value is -0.760. The van der Waals surface area contributed by atoms with Crippen molar-refractivity contribution in [2.75, 3.05) is 0 Å². The van der Waals surface area contributed by atoms with E-state index < -0.39 is 0 Å². The molecule has 0 fully saturated rings. The first-order valence-corrected chi connectivity index (χ1v) is 4.13. The molecule has 2 aromatic carbocycles. The number of phenols is 1. The molecule has 1 N–H and O–H groups in total. The zero-order chi connectivity index (χ0) is 9.36. The molecular weight excluding hydrogens is 183 g/mol. The van der Waals surface area contributed by atoms with Crippen molar-refractivity contribution in [3.8, 4) is 5.75 Å². The maximum atomic E-state index is 8.63. The maximum Gasteiger partial charge on any atom is 0.115 e. The van der Waals surface area contributed by atoms with E-state index in [4.69, 9.17) is 5.11 Å². The molecule has 0 amide bonds. The van der Waals surface area contributed by atoms with E-state index >= 15 is 0 Å². The second-order valence-corrected chi connectivity index (χ2v) is 2.49. The van der Waals surface area contributed by atoms with E-state index in [9.17, 15) is 0 Å². The molecule has 0 bridgehead atoms. The van der Waals surface area contributed by atoms with Gasteiger partial charge < -0.3 is 5.11 Å². The Morgan fingerprint density at radius 2 is 0.857 bits per heavy atom. The van der Waals surface area contributed by atoms with E-state index in [-0.39, 0.29) is 29.6 Å². The van der Waals surface area contributed by atoms with Crippen molar-refractivity contribution in [3.05, 3.63) is 66.7 Å². The number of para-hydroxylation sites is 1. The van der Waals surface area contributed by atoms with Gasteiger partial charge in [0.2, 0.25) is 0 Å². The molecule has 0 heterocycles. The molecule has 0 aliphatic heterocycles. The van der Waals surface area contributed by atoms with Crippen LogP contribution < -0.4 is 0 Å². The predicted molar refractivity (Wildman–Crippen MR) is 60.3 cm³/mol. The van der Waals surface area contributed by atoms with E-state index in [0.717, 1.165) is 0 Å². The molecule has 2 aromatic rings. The standard InChI is InChI=1S/C6H6O.C6H6.Na/c7-6-4-2-1-3-5-6;1-2-4-6-5-3-1;/h1-5,7H;1-6H;. The molecule has 2 rings (SSSR count). The van der Waals surface area contributed by atoms with E-state index in [1.54, 1.807) is 24.3 Å². The first-order valence-electron chi connectivity index (χ1n) is 4.13. The molecular formula is C12H12NaO. The summed E-state index contributed by atoms with van der Waals surface area (Å²) in [5.74, 6) is 0.322. The van der Waals surface area contributed by atoms with E-state index in [1.165, 1.54) is 0 Å². The fourth-order valence-electron chi connectivity index (χ4n) is 0.813. The van der Waals surface area contributed by atoms with Gasteiger partial charge in [0.05, 0.1) is 0 Å². The second-order valence-electron chi connectivity index (χ2n) is 2.49. The van der Waals surface area contributed by atoms with Crippen LogP contribution in [0.4, 0.5) is 0 Å². The molecule has 0 aliphatic rings. The predicted octanol–water partition coefficient (Wildman–Crippen LogP) is 2.70. The summed E-state index contributed by atoms with van der Waals surface area (Å²) in [5.41, 5.74) is 0. The molecule has 0 spiro atoms. The van der Waals surface area contributed by atoms with Crippen molar-refractivity contribution in [2.24, 2.45) is 0 Å². The minimum atomic E-state index is 0. The van der Waals surface area contributed by atoms with Crippen LogP contribution in [0, 0.1) is 0 Å². The molecule has 0 aliphatic carbocycles. The summed E-state index contributed by atoms with van der Waals surface area (Å²) in [6, 6.07) is 20.7. The molecule has 0 atom stereocenters. The topological polar surface area (TPSA) is 20.2 Å². The third-order valence-corrected chi connectivity index (χ3v) is 1.42. The number of phenolic OH excluding ortho intramolecular Hbond substituents is 1. The summed E-state index contributed by atoms with van der Waals surface area (Å²) in [4.78, 5) is 0. The molecule has 0 aromatic heterocycles. The van der Waals surface area contributed by atoms with E-state index in [0.29, 0.717) is 5.75 Å². The molecule has 1 radical (unpaired) electrons. The van der Waals surface area contributed by atoms with Crippen LogP contribution in [0.5, 0.6) is 5.75 Å². The van der Waals surface area contributed by atoms with Crippen LogP contribution in [0.2, 0.25) is 0 Å². The zero-order valence-electron chi connectivity index (χ0n) is 8.30. The normalized spacial score (nSPS) is 7.71. The molecule has 1 nitrogen and oxygen atoms in total. The summed E-state index contributed by atoms with van der Waals surface area (Å²) in [7, 11) is 0. The number of rotatable bonds is 0. The Morgan fingerprint density at radius 1 is 0.571 bits per heavy atom. The summed E-state index contributed by atoms with van der Waals surface area (Å²) in [5, 5.41) is 8.63. The first kappa shape index (κ1) is 13.2. The monoisotopic (exact) mass is 195 g/mol. The van der Waals surface area contributed by atoms with Gasteiger partial charge >= 0.3 is 0 Å². The van der Waals surface area contributed by atoms with Crippen molar-refractivity contribution >= 4 is 29.6 Å².